The van der Waals surface area contributed by atoms with Crippen molar-refractivity contribution in [1.82, 2.24) is 9.55 Å². The van der Waals surface area contributed by atoms with E-state index >= 15 is 0 Å². The van der Waals surface area contributed by atoms with Gasteiger partial charge in [-0.15, -0.1) is 0 Å². The van der Waals surface area contributed by atoms with Crippen LogP contribution in [-0.2, 0) is 0 Å². The number of hydrogen-bond donors (Lipinski definition) is 1. The molecule has 0 spiro atoms. The summed E-state index contributed by atoms with van der Waals surface area (Å²) in [5.74, 6) is 0.108. The average Bonchev–Trinajstić information content (AvgIpc) is 2.74. The van der Waals surface area contributed by atoms with Crippen LogP contribution in [0.3, 0.4) is 0 Å². The van der Waals surface area contributed by atoms with Crippen LogP contribution in [0.25, 0.3) is 16.7 Å². The first kappa shape index (κ1) is 12.9. The number of imidazole rings is 1. The molecule has 0 atom stereocenters. The van der Waals surface area contributed by atoms with E-state index in [9.17, 15) is 4.39 Å². The Labute approximate surface area is 120 Å². The number of nitrogens with zero attached hydrogens (tertiary/aromatic N) is 1. The standard InChI is InChI=1S/C15H13FN2OS/c1-9-3-5-11-13(7-9)18(15(20)17-11)12-6-4-10(16)8-14(12)19-2/h3-8H,1-2H3,(H,17,20). The SMILES string of the molecule is COc1cc(F)ccc1-n1c(=S)[nH]c2ccc(C)cc21. The number of nitrogens with one attached hydrogen (secondary N) is 1. The fraction of sp³-hybridized carbons (Fsp3) is 0.133. The molecular formula is C15H13FN2OS. The Kier molecular flexibility index (Phi) is 3.06. The summed E-state index contributed by atoms with van der Waals surface area (Å²) in [6.45, 7) is 2.02. The summed E-state index contributed by atoms with van der Waals surface area (Å²) in [6.07, 6.45) is 0. The Morgan fingerprint density at radius 2 is 2.00 bits per heavy atom. The van der Waals surface area contributed by atoms with Gasteiger partial charge in [-0.3, -0.25) is 4.57 Å². The molecule has 0 saturated carbocycles. The van der Waals surface area contributed by atoms with Crippen molar-refractivity contribution >= 4 is 23.3 Å². The molecule has 5 heteroatoms. The quantitative estimate of drug-likeness (QED) is 0.718. The molecule has 1 aromatic heterocycles. The predicted octanol–water partition coefficient (Wildman–Crippen LogP) is 4.14. The lowest BCUT2D eigenvalue weighted by atomic mass is 10.2. The number of aromatic nitrogens is 2. The van der Waals surface area contributed by atoms with Gasteiger partial charge in [0.2, 0.25) is 0 Å². The van der Waals surface area contributed by atoms with E-state index in [2.05, 4.69) is 4.98 Å². The summed E-state index contributed by atoms with van der Waals surface area (Å²) >= 11 is 5.38. The van der Waals surface area contributed by atoms with Crippen molar-refractivity contribution in [1.29, 1.82) is 0 Å². The van der Waals surface area contributed by atoms with E-state index in [4.69, 9.17) is 17.0 Å². The molecule has 0 unspecified atom stereocenters. The van der Waals surface area contributed by atoms with E-state index in [1.165, 1.54) is 19.2 Å². The van der Waals surface area contributed by atoms with E-state index in [0.29, 0.717) is 10.5 Å². The van der Waals surface area contributed by atoms with E-state index in [1.807, 2.05) is 29.7 Å². The number of fused-ring (bicyclic) bond motifs is 1. The van der Waals surface area contributed by atoms with E-state index < -0.39 is 0 Å². The lowest BCUT2D eigenvalue weighted by Gasteiger charge is -2.10. The molecule has 20 heavy (non-hydrogen) atoms. The number of ether oxygens (including phenoxy) is 1. The van der Waals surface area contributed by atoms with Crippen molar-refractivity contribution in [2.75, 3.05) is 7.11 Å². The molecule has 3 aromatic rings. The lowest BCUT2D eigenvalue weighted by Crippen LogP contribution is -1.99. The fourth-order valence-corrected chi connectivity index (χ4v) is 2.59. The molecule has 3 nitrogen and oxygen atoms in total. The largest absolute Gasteiger partial charge is 0.494 e. The highest BCUT2D eigenvalue weighted by molar-refractivity contribution is 7.71. The molecule has 2 aromatic carbocycles. The number of aryl methyl sites for hydroxylation is 1. The molecule has 0 aliphatic rings. The van der Waals surface area contributed by atoms with Crippen LogP contribution in [0.4, 0.5) is 4.39 Å². The number of halogens is 1. The number of H-pyrrole nitrogens is 1. The molecule has 1 N–H and O–H groups in total. The minimum atomic E-state index is -0.340. The van der Waals surface area contributed by atoms with Gasteiger partial charge in [-0.2, -0.15) is 0 Å². The van der Waals surface area contributed by atoms with Crippen LogP contribution in [0.5, 0.6) is 5.75 Å². The van der Waals surface area contributed by atoms with Crippen LogP contribution in [0.1, 0.15) is 5.56 Å². The van der Waals surface area contributed by atoms with Crippen LogP contribution in [0.15, 0.2) is 36.4 Å². The smallest absolute Gasteiger partial charge is 0.182 e. The molecule has 1 heterocycles. The van der Waals surface area contributed by atoms with Crippen LogP contribution < -0.4 is 4.74 Å². The zero-order valence-corrected chi connectivity index (χ0v) is 11.9. The summed E-state index contributed by atoms with van der Waals surface area (Å²) in [5, 5.41) is 0. The number of rotatable bonds is 2. The Bertz CT molecular complexity index is 851. The fourth-order valence-electron chi connectivity index (χ4n) is 2.29. The third kappa shape index (κ3) is 2.00. The second kappa shape index (κ2) is 4.76. The molecule has 0 radical (unpaired) electrons. The Hall–Kier alpha value is -2.14. The minimum absolute atomic E-state index is 0.340. The summed E-state index contributed by atoms with van der Waals surface area (Å²) in [6, 6.07) is 10.4. The molecular weight excluding hydrogens is 275 g/mol. The van der Waals surface area contributed by atoms with Crippen LogP contribution in [0.2, 0.25) is 0 Å². The first-order valence-corrected chi connectivity index (χ1v) is 6.56. The molecule has 0 aliphatic carbocycles. The van der Waals surface area contributed by atoms with Crippen molar-refractivity contribution in [2.45, 2.75) is 6.92 Å². The first-order chi connectivity index (χ1) is 9.60. The second-order valence-electron chi connectivity index (χ2n) is 4.60. The number of aromatic amines is 1. The number of hydrogen-bond acceptors (Lipinski definition) is 2. The molecule has 0 bridgehead atoms. The summed E-state index contributed by atoms with van der Waals surface area (Å²) in [7, 11) is 1.52. The summed E-state index contributed by atoms with van der Waals surface area (Å²) in [4.78, 5) is 3.15. The minimum Gasteiger partial charge on any atom is -0.494 e. The third-order valence-corrected chi connectivity index (χ3v) is 3.51. The van der Waals surface area contributed by atoms with Gasteiger partial charge in [0, 0.05) is 6.07 Å². The van der Waals surface area contributed by atoms with Gasteiger partial charge >= 0.3 is 0 Å². The van der Waals surface area contributed by atoms with Crippen LogP contribution in [-0.4, -0.2) is 16.7 Å². The van der Waals surface area contributed by atoms with Gasteiger partial charge in [-0.1, -0.05) is 6.07 Å². The third-order valence-electron chi connectivity index (χ3n) is 3.22. The maximum Gasteiger partial charge on any atom is 0.182 e. The molecule has 0 fully saturated rings. The van der Waals surface area contributed by atoms with E-state index in [0.717, 1.165) is 22.3 Å². The normalized spacial score (nSPS) is 10.9. The van der Waals surface area contributed by atoms with Gasteiger partial charge in [-0.25, -0.2) is 4.39 Å². The summed E-state index contributed by atoms with van der Waals surface area (Å²) < 4.78 is 21.0. The Morgan fingerprint density at radius 1 is 1.20 bits per heavy atom. The molecule has 3 rings (SSSR count). The zero-order chi connectivity index (χ0) is 14.3. The van der Waals surface area contributed by atoms with Gasteiger partial charge in [0.1, 0.15) is 11.6 Å². The van der Waals surface area contributed by atoms with Gasteiger partial charge < -0.3 is 9.72 Å². The maximum absolute atomic E-state index is 13.3. The topological polar surface area (TPSA) is 29.9 Å². The van der Waals surface area contributed by atoms with Crippen LogP contribution >= 0.6 is 12.2 Å². The van der Waals surface area contributed by atoms with Gasteiger partial charge in [0.05, 0.1) is 23.8 Å². The Morgan fingerprint density at radius 3 is 2.75 bits per heavy atom. The van der Waals surface area contributed by atoms with Crippen molar-refractivity contribution in [3.05, 3.63) is 52.5 Å². The first-order valence-electron chi connectivity index (χ1n) is 6.15. The highest BCUT2D eigenvalue weighted by Gasteiger charge is 2.12. The highest BCUT2D eigenvalue weighted by atomic mass is 32.1. The number of methoxy groups -OCH3 is 1. The summed E-state index contributed by atoms with van der Waals surface area (Å²) in [5.41, 5.74) is 3.73. The second-order valence-corrected chi connectivity index (χ2v) is 4.99. The molecule has 0 aliphatic heterocycles. The molecule has 0 amide bonds. The maximum atomic E-state index is 13.3. The van der Waals surface area contributed by atoms with Crippen LogP contribution in [0, 0.1) is 17.5 Å². The average molecular weight is 288 g/mol. The Balaban J connectivity index is 2.37. The van der Waals surface area contributed by atoms with Crippen molar-refractivity contribution in [3.8, 4) is 11.4 Å². The van der Waals surface area contributed by atoms with Crippen molar-refractivity contribution in [3.63, 3.8) is 0 Å². The predicted molar refractivity (Wildman–Crippen MR) is 79.7 cm³/mol. The van der Waals surface area contributed by atoms with Gasteiger partial charge in [-0.05, 0) is 49.0 Å². The monoisotopic (exact) mass is 288 g/mol. The zero-order valence-electron chi connectivity index (χ0n) is 11.1. The van der Waals surface area contributed by atoms with Gasteiger partial charge in [0.25, 0.3) is 0 Å². The van der Waals surface area contributed by atoms with Crippen molar-refractivity contribution < 1.29 is 9.13 Å². The van der Waals surface area contributed by atoms with Crippen molar-refractivity contribution in [2.24, 2.45) is 0 Å². The molecule has 102 valence electrons. The van der Waals surface area contributed by atoms with E-state index in [-0.39, 0.29) is 5.82 Å². The lowest BCUT2D eigenvalue weighted by molar-refractivity contribution is 0.409. The highest BCUT2D eigenvalue weighted by Crippen LogP contribution is 2.28. The van der Waals surface area contributed by atoms with Gasteiger partial charge in [0.15, 0.2) is 4.77 Å². The van der Waals surface area contributed by atoms with E-state index in [1.54, 1.807) is 6.07 Å². The number of benzene rings is 2. The molecule has 0 saturated heterocycles.